The summed E-state index contributed by atoms with van der Waals surface area (Å²) in [5.74, 6) is -0.421. The minimum absolute atomic E-state index is 0.267. The fourth-order valence-electron chi connectivity index (χ4n) is 1.15. The van der Waals surface area contributed by atoms with E-state index < -0.39 is 5.82 Å². The van der Waals surface area contributed by atoms with Gasteiger partial charge in [-0.2, -0.15) is 5.10 Å². The zero-order valence-electron chi connectivity index (χ0n) is 7.37. The summed E-state index contributed by atoms with van der Waals surface area (Å²) in [4.78, 5) is 3.73. The predicted octanol–water partition coefficient (Wildman–Crippen LogP) is 2.99. The first-order valence-corrected chi connectivity index (χ1v) is 4.81. The van der Waals surface area contributed by atoms with Gasteiger partial charge >= 0.3 is 0 Å². The molecular weight excluding hydrogens is 237 g/mol. The molecule has 0 atom stereocenters. The standard InChI is InChI=1S/C9H5ClFN3S/c10-8-2-7(9(15)14-13-8)5-1-6(11)4-12-3-5/h1-4H,(H,14,15). The van der Waals surface area contributed by atoms with Gasteiger partial charge in [0.2, 0.25) is 0 Å². The second-order valence-corrected chi connectivity index (χ2v) is 3.62. The molecule has 0 aliphatic carbocycles. The van der Waals surface area contributed by atoms with E-state index >= 15 is 0 Å². The van der Waals surface area contributed by atoms with Crippen LogP contribution in [0.5, 0.6) is 0 Å². The van der Waals surface area contributed by atoms with Gasteiger partial charge in [0.05, 0.1) is 6.20 Å². The summed E-state index contributed by atoms with van der Waals surface area (Å²) >= 11 is 10.7. The first kappa shape index (κ1) is 10.2. The van der Waals surface area contributed by atoms with Crippen LogP contribution >= 0.6 is 23.8 Å². The first-order chi connectivity index (χ1) is 7.16. The molecule has 0 saturated heterocycles. The molecular formula is C9H5ClFN3S. The SMILES string of the molecule is Fc1cncc(-c2cc(Cl)n[nH]c2=S)c1. The van der Waals surface area contributed by atoms with Crippen molar-refractivity contribution in [3.8, 4) is 11.1 Å². The fourth-order valence-corrected chi connectivity index (χ4v) is 1.53. The minimum Gasteiger partial charge on any atom is -0.266 e. The van der Waals surface area contributed by atoms with Gasteiger partial charge in [-0.25, -0.2) is 4.39 Å². The van der Waals surface area contributed by atoms with Crippen molar-refractivity contribution in [3.05, 3.63) is 40.1 Å². The number of nitrogens with one attached hydrogen (secondary N) is 1. The topological polar surface area (TPSA) is 41.6 Å². The van der Waals surface area contributed by atoms with E-state index in [0.29, 0.717) is 15.8 Å². The van der Waals surface area contributed by atoms with E-state index in [0.717, 1.165) is 6.20 Å². The Balaban J connectivity index is 2.63. The van der Waals surface area contributed by atoms with Crippen LogP contribution in [0.15, 0.2) is 24.5 Å². The Morgan fingerprint density at radius 2 is 2.13 bits per heavy atom. The van der Waals surface area contributed by atoms with E-state index in [1.54, 1.807) is 6.07 Å². The molecule has 0 aromatic carbocycles. The van der Waals surface area contributed by atoms with Gasteiger partial charge in [-0.3, -0.25) is 10.1 Å². The molecule has 76 valence electrons. The van der Waals surface area contributed by atoms with Crippen LogP contribution in [0.2, 0.25) is 5.15 Å². The maximum absolute atomic E-state index is 12.9. The lowest BCUT2D eigenvalue weighted by atomic mass is 10.1. The van der Waals surface area contributed by atoms with Crippen molar-refractivity contribution in [1.82, 2.24) is 15.2 Å². The van der Waals surface area contributed by atoms with Crippen molar-refractivity contribution in [2.75, 3.05) is 0 Å². The molecule has 0 aliphatic rings. The Morgan fingerprint density at radius 1 is 1.33 bits per heavy atom. The summed E-state index contributed by atoms with van der Waals surface area (Å²) in [5.41, 5.74) is 1.18. The number of nitrogens with zero attached hydrogens (tertiary/aromatic N) is 2. The van der Waals surface area contributed by atoms with E-state index in [-0.39, 0.29) is 5.15 Å². The van der Waals surface area contributed by atoms with Crippen molar-refractivity contribution in [3.63, 3.8) is 0 Å². The predicted molar refractivity (Wildman–Crippen MR) is 57.6 cm³/mol. The Morgan fingerprint density at radius 3 is 2.87 bits per heavy atom. The molecule has 0 bridgehead atoms. The number of rotatable bonds is 1. The largest absolute Gasteiger partial charge is 0.266 e. The molecule has 2 rings (SSSR count). The Labute approximate surface area is 94.9 Å². The molecule has 0 radical (unpaired) electrons. The number of hydrogen-bond donors (Lipinski definition) is 1. The molecule has 1 N–H and O–H groups in total. The number of H-pyrrole nitrogens is 1. The third kappa shape index (κ3) is 2.19. The molecule has 15 heavy (non-hydrogen) atoms. The van der Waals surface area contributed by atoms with E-state index in [4.69, 9.17) is 23.8 Å². The van der Waals surface area contributed by atoms with Crippen LogP contribution in [0.4, 0.5) is 4.39 Å². The molecule has 0 amide bonds. The van der Waals surface area contributed by atoms with Crippen molar-refractivity contribution < 1.29 is 4.39 Å². The van der Waals surface area contributed by atoms with E-state index in [9.17, 15) is 4.39 Å². The number of hydrogen-bond acceptors (Lipinski definition) is 3. The maximum Gasteiger partial charge on any atom is 0.150 e. The highest BCUT2D eigenvalue weighted by atomic mass is 35.5. The molecule has 0 fully saturated rings. The average molecular weight is 242 g/mol. The van der Waals surface area contributed by atoms with Gasteiger partial charge < -0.3 is 0 Å². The van der Waals surface area contributed by atoms with Gasteiger partial charge in [0.1, 0.15) is 15.6 Å². The molecule has 0 aliphatic heterocycles. The van der Waals surface area contributed by atoms with Crippen LogP contribution in [0.25, 0.3) is 11.1 Å². The van der Waals surface area contributed by atoms with E-state index in [1.807, 2.05) is 0 Å². The van der Waals surface area contributed by atoms with Crippen LogP contribution in [0.1, 0.15) is 0 Å². The number of halogens is 2. The zero-order valence-corrected chi connectivity index (χ0v) is 8.94. The normalized spacial score (nSPS) is 10.3. The summed E-state index contributed by atoms with van der Waals surface area (Å²) in [6.45, 7) is 0. The van der Waals surface area contributed by atoms with Gasteiger partial charge in [-0.15, -0.1) is 0 Å². The molecule has 0 unspecified atom stereocenters. The average Bonchev–Trinajstić information content (AvgIpc) is 2.22. The quantitative estimate of drug-likeness (QED) is 0.781. The highest BCUT2D eigenvalue weighted by Gasteiger charge is 2.03. The number of aromatic nitrogens is 3. The molecule has 2 heterocycles. The van der Waals surface area contributed by atoms with Crippen LogP contribution in [-0.2, 0) is 0 Å². The Hall–Kier alpha value is -1.33. The molecule has 2 aromatic rings. The summed E-state index contributed by atoms with van der Waals surface area (Å²) in [6.07, 6.45) is 2.64. The third-order valence-electron chi connectivity index (χ3n) is 1.79. The van der Waals surface area contributed by atoms with Gasteiger partial charge in [-0.05, 0) is 12.1 Å². The van der Waals surface area contributed by atoms with Gasteiger partial charge in [-0.1, -0.05) is 23.8 Å². The summed E-state index contributed by atoms with van der Waals surface area (Å²) < 4.78 is 13.3. The smallest absolute Gasteiger partial charge is 0.150 e. The third-order valence-corrected chi connectivity index (χ3v) is 2.29. The summed E-state index contributed by atoms with van der Waals surface area (Å²) in [7, 11) is 0. The number of pyridine rings is 1. The van der Waals surface area contributed by atoms with Crippen LogP contribution in [-0.4, -0.2) is 15.2 Å². The van der Waals surface area contributed by atoms with Gasteiger partial charge in [0.15, 0.2) is 0 Å². The molecule has 3 nitrogen and oxygen atoms in total. The van der Waals surface area contributed by atoms with Crippen molar-refractivity contribution in [2.24, 2.45) is 0 Å². The molecule has 0 spiro atoms. The maximum atomic E-state index is 12.9. The lowest BCUT2D eigenvalue weighted by molar-refractivity contribution is 0.622. The molecule has 0 saturated carbocycles. The fraction of sp³-hybridized carbons (Fsp3) is 0. The number of aromatic amines is 1. The lowest BCUT2D eigenvalue weighted by Crippen LogP contribution is -1.89. The Bertz CT molecular complexity index is 555. The van der Waals surface area contributed by atoms with Crippen molar-refractivity contribution in [2.45, 2.75) is 0 Å². The molecule has 2 aromatic heterocycles. The van der Waals surface area contributed by atoms with Crippen LogP contribution in [0, 0.1) is 10.5 Å². The summed E-state index contributed by atoms with van der Waals surface area (Å²) in [6, 6.07) is 2.90. The van der Waals surface area contributed by atoms with Crippen molar-refractivity contribution in [1.29, 1.82) is 0 Å². The minimum atomic E-state index is -0.421. The lowest BCUT2D eigenvalue weighted by Gasteiger charge is -2.01. The first-order valence-electron chi connectivity index (χ1n) is 4.03. The van der Waals surface area contributed by atoms with Gasteiger partial charge in [0, 0.05) is 17.3 Å². The van der Waals surface area contributed by atoms with E-state index in [2.05, 4.69) is 15.2 Å². The monoisotopic (exact) mass is 241 g/mol. The Kier molecular flexibility index (Phi) is 2.75. The van der Waals surface area contributed by atoms with Crippen LogP contribution in [0.3, 0.4) is 0 Å². The highest BCUT2D eigenvalue weighted by Crippen LogP contribution is 2.21. The van der Waals surface area contributed by atoms with Gasteiger partial charge in [0.25, 0.3) is 0 Å². The molecule has 6 heteroatoms. The van der Waals surface area contributed by atoms with Crippen LogP contribution < -0.4 is 0 Å². The highest BCUT2D eigenvalue weighted by molar-refractivity contribution is 7.71. The van der Waals surface area contributed by atoms with E-state index in [1.165, 1.54) is 12.3 Å². The van der Waals surface area contributed by atoms with Crippen molar-refractivity contribution >= 4 is 23.8 Å². The second kappa shape index (κ2) is 4.04. The zero-order chi connectivity index (χ0) is 10.8. The second-order valence-electron chi connectivity index (χ2n) is 2.83. The summed E-state index contributed by atoms with van der Waals surface area (Å²) in [5, 5.41) is 6.54.